The average Bonchev–Trinajstić information content (AvgIpc) is 2.68. The van der Waals surface area contributed by atoms with Gasteiger partial charge in [0, 0.05) is 13.2 Å². The van der Waals surface area contributed by atoms with E-state index in [0.717, 1.165) is 10.7 Å². The van der Waals surface area contributed by atoms with Crippen LogP contribution < -0.4 is 4.90 Å². The molecule has 2 aromatic rings. The second-order valence-corrected chi connectivity index (χ2v) is 11.2. The summed E-state index contributed by atoms with van der Waals surface area (Å²) in [5.41, 5.74) is 0.334. The van der Waals surface area contributed by atoms with Crippen molar-refractivity contribution in [1.29, 1.82) is 0 Å². The Morgan fingerprint density at radius 1 is 1.26 bits per heavy atom. The number of hydrogen-bond donors (Lipinski definition) is 0. The molecule has 0 amide bonds. The van der Waals surface area contributed by atoms with E-state index in [-0.39, 0.29) is 0 Å². The fourth-order valence-electron chi connectivity index (χ4n) is 1.93. The average molecular weight is 285 g/mol. The Labute approximate surface area is 111 Å². The van der Waals surface area contributed by atoms with Gasteiger partial charge in [-0.05, 0) is 12.1 Å². The molecule has 0 bridgehead atoms. The molecule has 19 heavy (non-hydrogen) atoms. The summed E-state index contributed by atoms with van der Waals surface area (Å²) >= 11 is 0. The van der Waals surface area contributed by atoms with Crippen molar-refractivity contribution in [3.63, 3.8) is 0 Å². The Bertz CT molecular complexity index is 578. The largest absolute Gasteiger partial charge is 0.361 e. The van der Waals surface area contributed by atoms with Crippen LogP contribution >= 0.6 is 0 Å². The standard InChI is InChI=1S/C11H17F2N5Si/c1-17(7-19(2,3)4)9-6-5-8-14-15-11(10(12)13)18(8)16-9/h5-6,10H,7H2,1-4H3. The van der Waals surface area contributed by atoms with Crippen LogP contribution in [0.4, 0.5) is 14.6 Å². The summed E-state index contributed by atoms with van der Waals surface area (Å²) in [6.07, 6.45) is -1.78. The molecule has 0 aliphatic heterocycles. The molecule has 2 heterocycles. The molecule has 0 spiro atoms. The van der Waals surface area contributed by atoms with Gasteiger partial charge in [-0.25, -0.2) is 8.78 Å². The molecule has 0 atom stereocenters. The van der Waals surface area contributed by atoms with E-state index < -0.39 is 20.3 Å². The summed E-state index contributed by atoms with van der Waals surface area (Å²) in [5, 5.41) is 11.3. The highest BCUT2D eigenvalue weighted by molar-refractivity contribution is 6.76. The minimum absolute atomic E-state index is 0.334. The molecule has 0 radical (unpaired) electrons. The van der Waals surface area contributed by atoms with Gasteiger partial charge in [-0.1, -0.05) is 19.6 Å². The fourth-order valence-corrected chi connectivity index (χ4v) is 3.51. The highest BCUT2D eigenvalue weighted by Gasteiger charge is 2.20. The predicted molar refractivity (Wildman–Crippen MR) is 72.4 cm³/mol. The zero-order valence-electron chi connectivity index (χ0n) is 11.4. The topological polar surface area (TPSA) is 46.3 Å². The van der Waals surface area contributed by atoms with E-state index in [1.807, 2.05) is 11.9 Å². The van der Waals surface area contributed by atoms with Gasteiger partial charge in [-0.3, -0.25) is 0 Å². The smallest absolute Gasteiger partial charge is 0.299 e. The molecule has 5 nitrogen and oxygen atoms in total. The van der Waals surface area contributed by atoms with E-state index >= 15 is 0 Å². The lowest BCUT2D eigenvalue weighted by Gasteiger charge is -2.25. The van der Waals surface area contributed by atoms with Gasteiger partial charge in [0.2, 0.25) is 5.82 Å². The summed E-state index contributed by atoms with van der Waals surface area (Å²) in [6.45, 7) is 6.72. The van der Waals surface area contributed by atoms with E-state index in [1.165, 1.54) is 0 Å². The lowest BCUT2D eigenvalue weighted by molar-refractivity contribution is 0.137. The minimum Gasteiger partial charge on any atom is -0.361 e. The third-order valence-corrected chi connectivity index (χ3v) is 3.99. The van der Waals surface area contributed by atoms with Gasteiger partial charge in [0.1, 0.15) is 5.82 Å². The van der Waals surface area contributed by atoms with E-state index in [2.05, 4.69) is 34.9 Å². The van der Waals surface area contributed by atoms with E-state index in [9.17, 15) is 8.78 Å². The van der Waals surface area contributed by atoms with Crippen molar-refractivity contribution < 1.29 is 8.78 Å². The number of nitrogens with zero attached hydrogens (tertiary/aromatic N) is 5. The number of halogens is 2. The molecule has 0 aliphatic rings. The zero-order valence-corrected chi connectivity index (χ0v) is 12.4. The van der Waals surface area contributed by atoms with Crippen molar-refractivity contribution in [1.82, 2.24) is 19.8 Å². The van der Waals surface area contributed by atoms with Crippen LogP contribution in [0.15, 0.2) is 12.1 Å². The van der Waals surface area contributed by atoms with Crippen LogP contribution in [0.2, 0.25) is 19.6 Å². The normalized spacial score (nSPS) is 12.4. The summed E-state index contributed by atoms with van der Waals surface area (Å²) in [5.74, 6) is 0.231. The Hall–Kier alpha value is -1.57. The number of alkyl halides is 2. The second kappa shape index (κ2) is 4.84. The number of fused-ring (bicyclic) bond motifs is 1. The second-order valence-electron chi connectivity index (χ2n) is 5.74. The minimum atomic E-state index is -2.68. The maximum Gasteiger partial charge on any atom is 0.299 e. The highest BCUT2D eigenvalue weighted by Crippen LogP contribution is 2.19. The Balaban J connectivity index is 2.37. The lowest BCUT2D eigenvalue weighted by atomic mass is 10.5. The van der Waals surface area contributed by atoms with Crippen LogP contribution in [0.1, 0.15) is 12.2 Å². The van der Waals surface area contributed by atoms with Crippen molar-refractivity contribution in [3.05, 3.63) is 18.0 Å². The first kappa shape index (κ1) is 13.8. The summed E-state index contributed by atoms with van der Waals surface area (Å²) < 4.78 is 26.6. The molecule has 104 valence electrons. The first-order chi connectivity index (χ1) is 8.78. The van der Waals surface area contributed by atoms with Crippen molar-refractivity contribution in [2.45, 2.75) is 26.1 Å². The van der Waals surface area contributed by atoms with Gasteiger partial charge >= 0.3 is 0 Å². The van der Waals surface area contributed by atoms with Crippen LogP contribution in [-0.2, 0) is 0 Å². The molecule has 0 unspecified atom stereocenters. The Morgan fingerprint density at radius 2 is 1.95 bits per heavy atom. The summed E-state index contributed by atoms with van der Waals surface area (Å²) in [4.78, 5) is 1.99. The molecule has 0 aromatic carbocycles. The molecule has 0 N–H and O–H groups in total. The molecular weight excluding hydrogens is 268 g/mol. The van der Waals surface area contributed by atoms with Crippen LogP contribution in [0, 0.1) is 0 Å². The van der Waals surface area contributed by atoms with Crippen LogP contribution in [0.25, 0.3) is 5.65 Å². The van der Waals surface area contributed by atoms with Crippen LogP contribution in [-0.4, -0.2) is 41.1 Å². The SMILES string of the molecule is CN(C[Si](C)(C)C)c1ccc2nnc(C(F)F)n2n1. The highest BCUT2D eigenvalue weighted by atomic mass is 28.3. The molecular formula is C11H17F2N5Si. The van der Waals surface area contributed by atoms with Gasteiger partial charge in [-0.2, -0.15) is 4.52 Å². The summed E-state index contributed by atoms with van der Waals surface area (Å²) in [7, 11) is 0.623. The molecule has 0 aliphatic carbocycles. The molecule has 2 aromatic heterocycles. The van der Waals surface area contributed by atoms with Crippen molar-refractivity contribution in [3.8, 4) is 0 Å². The van der Waals surface area contributed by atoms with Crippen molar-refractivity contribution in [2.24, 2.45) is 0 Å². The van der Waals surface area contributed by atoms with Crippen LogP contribution in [0.3, 0.4) is 0 Å². The van der Waals surface area contributed by atoms with E-state index in [1.54, 1.807) is 12.1 Å². The first-order valence-electron chi connectivity index (χ1n) is 5.99. The van der Waals surface area contributed by atoms with Gasteiger partial charge < -0.3 is 4.90 Å². The number of rotatable bonds is 4. The number of hydrogen-bond acceptors (Lipinski definition) is 4. The predicted octanol–water partition coefficient (Wildman–Crippen LogP) is 2.38. The van der Waals surface area contributed by atoms with Gasteiger partial charge in [-0.15, -0.1) is 15.3 Å². The monoisotopic (exact) mass is 285 g/mol. The van der Waals surface area contributed by atoms with Gasteiger partial charge in [0.25, 0.3) is 6.43 Å². The Kier molecular flexibility index (Phi) is 3.53. The third kappa shape index (κ3) is 3.06. The van der Waals surface area contributed by atoms with Crippen molar-refractivity contribution >= 4 is 19.5 Å². The maximum absolute atomic E-state index is 12.8. The molecule has 0 saturated heterocycles. The van der Waals surface area contributed by atoms with E-state index in [4.69, 9.17) is 0 Å². The molecule has 0 saturated carbocycles. The Morgan fingerprint density at radius 3 is 2.53 bits per heavy atom. The molecule has 8 heteroatoms. The number of anilines is 1. The lowest BCUT2D eigenvalue weighted by Crippen LogP contribution is -2.38. The van der Waals surface area contributed by atoms with E-state index in [0.29, 0.717) is 11.5 Å². The maximum atomic E-state index is 12.8. The van der Waals surface area contributed by atoms with Crippen molar-refractivity contribution in [2.75, 3.05) is 18.1 Å². The van der Waals surface area contributed by atoms with Crippen LogP contribution in [0.5, 0.6) is 0 Å². The fraction of sp³-hybridized carbons (Fsp3) is 0.545. The molecule has 0 fully saturated rings. The first-order valence-corrected chi connectivity index (χ1v) is 9.70. The quantitative estimate of drug-likeness (QED) is 0.809. The van der Waals surface area contributed by atoms with Gasteiger partial charge in [0.15, 0.2) is 5.65 Å². The summed E-state index contributed by atoms with van der Waals surface area (Å²) in [6, 6.07) is 3.43. The molecule has 2 rings (SSSR count). The third-order valence-electron chi connectivity index (χ3n) is 2.57. The number of aromatic nitrogens is 4. The van der Waals surface area contributed by atoms with Gasteiger partial charge in [0.05, 0.1) is 8.07 Å². The zero-order chi connectivity index (χ0) is 14.2.